The smallest absolute Gasteiger partial charge is 0.268 e. The van der Waals surface area contributed by atoms with Crippen molar-refractivity contribution in [3.63, 3.8) is 0 Å². The fraction of sp³-hybridized carbons (Fsp3) is 0.789. The molecule has 1 aliphatic carbocycles. The summed E-state index contributed by atoms with van der Waals surface area (Å²) in [6.07, 6.45) is 0.818. The zero-order valence-electron chi connectivity index (χ0n) is 16.4. The van der Waals surface area contributed by atoms with Gasteiger partial charge in [-0.05, 0) is 58.8 Å². The molecule has 0 aliphatic heterocycles. The van der Waals surface area contributed by atoms with Gasteiger partial charge in [-0.15, -0.1) is 0 Å². The minimum atomic E-state index is -0.457. The minimum Gasteiger partial charge on any atom is -0.268 e. The maximum Gasteiger partial charge on any atom is 0.269 e. The SMILES string of the molecule is CC1(C)CC(C)(C)c2c1c(=O)n(C(C)(C)C)n(C(C)(C)C)c2=O. The van der Waals surface area contributed by atoms with Crippen LogP contribution >= 0.6 is 0 Å². The molecule has 0 fully saturated rings. The van der Waals surface area contributed by atoms with Crippen LogP contribution in [0.4, 0.5) is 0 Å². The van der Waals surface area contributed by atoms with E-state index in [1.807, 2.05) is 41.5 Å². The van der Waals surface area contributed by atoms with Crippen molar-refractivity contribution in [1.29, 1.82) is 0 Å². The van der Waals surface area contributed by atoms with Crippen LogP contribution in [-0.4, -0.2) is 9.36 Å². The molecular weight excluding hydrogens is 288 g/mol. The van der Waals surface area contributed by atoms with Crippen LogP contribution in [0.1, 0.15) is 86.8 Å². The second-order valence-electron chi connectivity index (χ2n) is 10.3. The lowest BCUT2D eigenvalue weighted by molar-refractivity contribution is 0.192. The molecule has 0 saturated carbocycles. The van der Waals surface area contributed by atoms with E-state index in [-0.39, 0.29) is 21.9 Å². The highest BCUT2D eigenvalue weighted by atomic mass is 16.2. The summed E-state index contributed by atoms with van der Waals surface area (Å²) in [6, 6.07) is 0. The fourth-order valence-corrected chi connectivity index (χ4v) is 4.35. The van der Waals surface area contributed by atoms with Gasteiger partial charge in [0.25, 0.3) is 11.1 Å². The van der Waals surface area contributed by atoms with Gasteiger partial charge in [-0.3, -0.25) is 9.59 Å². The highest BCUT2D eigenvalue weighted by Crippen LogP contribution is 2.46. The number of hydrogen-bond acceptors (Lipinski definition) is 2. The Morgan fingerprint density at radius 2 is 0.957 bits per heavy atom. The van der Waals surface area contributed by atoms with Crippen molar-refractivity contribution in [3.05, 3.63) is 31.8 Å². The Kier molecular flexibility index (Phi) is 3.61. The monoisotopic (exact) mass is 320 g/mol. The molecule has 4 nitrogen and oxygen atoms in total. The maximum atomic E-state index is 13.4. The lowest BCUT2D eigenvalue weighted by atomic mass is 9.82. The van der Waals surface area contributed by atoms with Crippen molar-refractivity contribution in [2.75, 3.05) is 0 Å². The van der Waals surface area contributed by atoms with Crippen LogP contribution in [0.5, 0.6) is 0 Å². The summed E-state index contributed by atoms with van der Waals surface area (Å²) in [6.45, 7) is 20.2. The Hall–Kier alpha value is -1.32. The summed E-state index contributed by atoms with van der Waals surface area (Å²) in [7, 11) is 0. The Labute approximate surface area is 139 Å². The molecule has 0 N–H and O–H groups in total. The number of nitrogens with zero attached hydrogens (tertiary/aromatic N) is 2. The number of aromatic nitrogens is 2. The summed E-state index contributed by atoms with van der Waals surface area (Å²) in [4.78, 5) is 26.9. The van der Waals surface area contributed by atoms with Gasteiger partial charge < -0.3 is 0 Å². The highest BCUT2D eigenvalue weighted by molar-refractivity contribution is 5.42. The molecule has 0 unspecified atom stereocenters. The molecule has 0 aromatic carbocycles. The summed E-state index contributed by atoms with van der Waals surface area (Å²) in [5, 5.41) is 0. The average Bonchev–Trinajstić information content (AvgIpc) is 2.45. The first-order valence-electron chi connectivity index (χ1n) is 8.46. The molecule has 1 aromatic heterocycles. The molecule has 2 rings (SSSR count). The Morgan fingerprint density at radius 1 is 0.696 bits per heavy atom. The predicted octanol–water partition coefficient (Wildman–Crippen LogP) is 3.48. The summed E-state index contributed by atoms with van der Waals surface area (Å²) in [5.74, 6) is 0. The van der Waals surface area contributed by atoms with Gasteiger partial charge >= 0.3 is 0 Å². The zero-order chi connectivity index (χ0) is 18.2. The maximum absolute atomic E-state index is 13.4. The van der Waals surface area contributed by atoms with E-state index >= 15 is 0 Å². The van der Waals surface area contributed by atoms with Crippen LogP contribution in [-0.2, 0) is 21.9 Å². The summed E-state index contributed by atoms with van der Waals surface area (Å²) in [5.41, 5.74) is -0.0815. The highest BCUT2D eigenvalue weighted by Gasteiger charge is 2.48. The molecule has 1 aliphatic rings. The first kappa shape index (κ1) is 18.0. The minimum absolute atomic E-state index is 0.0161. The van der Waals surface area contributed by atoms with E-state index < -0.39 is 11.1 Å². The first-order valence-corrected chi connectivity index (χ1v) is 8.46. The van der Waals surface area contributed by atoms with Crippen LogP contribution in [0, 0.1) is 0 Å². The Bertz CT molecular complexity index is 698. The third-order valence-corrected chi connectivity index (χ3v) is 4.77. The van der Waals surface area contributed by atoms with E-state index in [4.69, 9.17) is 0 Å². The van der Waals surface area contributed by atoms with Gasteiger partial charge in [0, 0.05) is 11.1 Å². The summed E-state index contributed by atoms with van der Waals surface area (Å²) >= 11 is 0. The lowest BCUT2D eigenvalue weighted by Gasteiger charge is -2.36. The molecule has 0 spiro atoms. The number of hydrogen-bond donors (Lipinski definition) is 0. The molecule has 0 saturated heterocycles. The molecule has 1 aromatic rings. The van der Waals surface area contributed by atoms with Crippen molar-refractivity contribution in [2.24, 2.45) is 0 Å². The Morgan fingerprint density at radius 3 is 1.17 bits per heavy atom. The van der Waals surface area contributed by atoms with Gasteiger partial charge in [0.15, 0.2) is 0 Å². The van der Waals surface area contributed by atoms with Crippen molar-refractivity contribution in [2.45, 2.75) is 97.6 Å². The van der Waals surface area contributed by atoms with E-state index in [2.05, 4.69) is 27.7 Å². The predicted molar refractivity (Wildman–Crippen MR) is 95.6 cm³/mol. The molecule has 4 heteroatoms. The van der Waals surface area contributed by atoms with Gasteiger partial charge in [-0.2, -0.15) is 0 Å². The zero-order valence-corrected chi connectivity index (χ0v) is 16.4. The normalized spacial score (nSPS) is 19.7. The Balaban J connectivity index is 3.15. The first-order chi connectivity index (χ1) is 10.0. The second-order valence-corrected chi connectivity index (χ2v) is 10.3. The summed E-state index contributed by atoms with van der Waals surface area (Å²) < 4.78 is 3.36. The van der Waals surface area contributed by atoms with Crippen LogP contribution < -0.4 is 11.1 Å². The third-order valence-electron chi connectivity index (χ3n) is 4.77. The van der Waals surface area contributed by atoms with Gasteiger partial charge in [0.05, 0.1) is 11.1 Å². The molecule has 0 radical (unpaired) electrons. The van der Waals surface area contributed by atoms with E-state index in [0.29, 0.717) is 11.1 Å². The molecule has 0 amide bonds. The molecule has 0 bridgehead atoms. The van der Waals surface area contributed by atoms with Crippen LogP contribution in [0.15, 0.2) is 9.59 Å². The van der Waals surface area contributed by atoms with Gasteiger partial charge in [0.1, 0.15) is 0 Å². The van der Waals surface area contributed by atoms with Crippen molar-refractivity contribution >= 4 is 0 Å². The van der Waals surface area contributed by atoms with Crippen LogP contribution in [0.25, 0.3) is 0 Å². The molecule has 23 heavy (non-hydrogen) atoms. The largest absolute Gasteiger partial charge is 0.269 e. The van der Waals surface area contributed by atoms with E-state index in [1.54, 1.807) is 9.36 Å². The van der Waals surface area contributed by atoms with Crippen LogP contribution in [0.3, 0.4) is 0 Å². The molecular formula is C19H32N2O2. The van der Waals surface area contributed by atoms with Crippen molar-refractivity contribution < 1.29 is 0 Å². The van der Waals surface area contributed by atoms with E-state index in [1.165, 1.54) is 0 Å². The topological polar surface area (TPSA) is 44.0 Å². The average molecular weight is 320 g/mol. The van der Waals surface area contributed by atoms with E-state index in [0.717, 1.165) is 6.42 Å². The quantitative estimate of drug-likeness (QED) is 0.734. The molecule has 1 heterocycles. The molecule has 0 atom stereocenters. The van der Waals surface area contributed by atoms with Gasteiger partial charge in [0.2, 0.25) is 0 Å². The number of rotatable bonds is 0. The van der Waals surface area contributed by atoms with Crippen molar-refractivity contribution in [1.82, 2.24) is 9.36 Å². The van der Waals surface area contributed by atoms with Gasteiger partial charge in [-0.25, -0.2) is 9.36 Å². The number of fused-ring (bicyclic) bond motifs is 1. The van der Waals surface area contributed by atoms with Crippen molar-refractivity contribution in [3.8, 4) is 0 Å². The lowest BCUT2D eigenvalue weighted by Crippen LogP contribution is -2.54. The third kappa shape index (κ3) is 2.60. The van der Waals surface area contributed by atoms with Crippen LogP contribution in [0.2, 0.25) is 0 Å². The second kappa shape index (κ2) is 4.61. The molecule has 130 valence electrons. The van der Waals surface area contributed by atoms with E-state index in [9.17, 15) is 9.59 Å². The fourth-order valence-electron chi connectivity index (χ4n) is 4.35. The van der Waals surface area contributed by atoms with Gasteiger partial charge in [-0.1, -0.05) is 27.7 Å². The standard InChI is InChI=1S/C19H32N2O2/c1-16(2,3)20-14(22)12-13(15(23)21(20)17(4,5)6)19(9,10)11-18(12,7)8/h11H2,1-10H3.